The van der Waals surface area contributed by atoms with Crippen molar-refractivity contribution in [3.63, 3.8) is 0 Å². The van der Waals surface area contributed by atoms with E-state index in [2.05, 4.69) is 21.2 Å². The summed E-state index contributed by atoms with van der Waals surface area (Å²) in [6, 6.07) is 7.20. The van der Waals surface area contributed by atoms with Crippen LogP contribution >= 0.6 is 15.9 Å². The molecule has 1 aliphatic heterocycles. The van der Waals surface area contributed by atoms with Crippen molar-refractivity contribution < 1.29 is 25.2 Å². The molecule has 1 heterocycles. The molecule has 1 saturated heterocycles. The molecule has 5 N–H and O–H groups in total. The summed E-state index contributed by atoms with van der Waals surface area (Å²) in [7, 11) is 0. The Morgan fingerprint density at radius 2 is 1.84 bits per heavy atom. The number of anilines is 1. The molecule has 0 radical (unpaired) electrons. The molecule has 1 aromatic rings. The maximum Gasteiger partial charge on any atom is 0.157 e. The molecule has 1 fully saturated rings. The van der Waals surface area contributed by atoms with Crippen molar-refractivity contribution in [1.82, 2.24) is 0 Å². The zero-order chi connectivity index (χ0) is 14.0. The third-order valence-corrected chi connectivity index (χ3v) is 3.55. The molecule has 5 atom stereocenters. The molecule has 0 aromatic heterocycles. The molecule has 19 heavy (non-hydrogen) atoms. The number of ether oxygens (including phenoxy) is 1. The summed E-state index contributed by atoms with van der Waals surface area (Å²) in [5.74, 6) is 0. The predicted octanol–water partition coefficient (Wildman–Crippen LogP) is -0.339. The largest absolute Gasteiger partial charge is 0.394 e. The Bertz CT molecular complexity index is 415. The van der Waals surface area contributed by atoms with Crippen molar-refractivity contribution in [1.29, 1.82) is 0 Å². The van der Waals surface area contributed by atoms with E-state index in [1.807, 2.05) is 12.1 Å². The summed E-state index contributed by atoms with van der Waals surface area (Å²) in [6.07, 6.45) is -5.54. The lowest BCUT2D eigenvalue weighted by Crippen LogP contribution is -2.40. The van der Waals surface area contributed by atoms with E-state index < -0.39 is 37.3 Å². The van der Waals surface area contributed by atoms with E-state index in [1.165, 1.54) is 0 Å². The van der Waals surface area contributed by atoms with E-state index in [-0.39, 0.29) is 0 Å². The molecule has 0 spiro atoms. The van der Waals surface area contributed by atoms with Gasteiger partial charge in [-0.3, -0.25) is 0 Å². The summed E-state index contributed by atoms with van der Waals surface area (Å²) in [5, 5.41) is 40.9. The monoisotopic (exact) mass is 333 g/mol. The zero-order valence-electron chi connectivity index (χ0n) is 9.98. The highest BCUT2D eigenvalue weighted by molar-refractivity contribution is 9.10. The maximum absolute atomic E-state index is 9.85. The highest BCUT2D eigenvalue weighted by Gasteiger charge is 2.45. The summed E-state index contributed by atoms with van der Waals surface area (Å²) < 4.78 is 6.26. The number of hydrogen-bond donors (Lipinski definition) is 5. The van der Waals surface area contributed by atoms with Crippen LogP contribution in [0.4, 0.5) is 5.69 Å². The first-order chi connectivity index (χ1) is 9.02. The lowest BCUT2D eigenvalue weighted by molar-refractivity contribution is -0.0774. The lowest BCUT2D eigenvalue weighted by Gasteiger charge is -2.19. The predicted molar refractivity (Wildman–Crippen MR) is 71.5 cm³/mol. The average molecular weight is 334 g/mol. The molecular weight excluding hydrogens is 318 g/mol. The Morgan fingerprint density at radius 3 is 2.42 bits per heavy atom. The van der Waals surface area contributed by atoms with Gasteiger partial charge in [-0.05, 0) is 24.3 Å². The smallest absolute Gasteiger partial charge is 0.157 e. The van der Waals surface area contributed by atoms with Gasteiger partial charge in [-0.1, -0.05) is 15.9 Å². The molecule has 0 aliphatic carbocycles. The van der Waals surface area contributed by atoms with Crippen LogP contribution in [0.5, 0.6) is 0 Å². The fourth-order valence-electron chi connectivity index (χ4n) is 1.96. The Kier molecular flexibility index (Phi) is 4.77. The van der Waals surface area contributed by atoms with Gasteiger partial charge in [0.1, 0.15) is 24.4 Å². The minimum Gasteiger partial charge on any atom is -0.394 e. The van der Waals surface area contributed by atoms with Gasteiger partial charge in [0.15, 0.2) is 6.23 Å². The Hall–Kier alpha value is -0.700. The second-order valence-electron chi connectivity index (χ2n) is 4.40. The Labute approximate surface area is 118 Å². The lowest BCUT2D eigenvalue weighted by atomic mass is 10.1. The molecule has 2 rings (SSSR count). The SMILES string of the molecule is OCC(O)[C@H]1O[C@H](Nc2ccc(Br)cc2)C(O)C1O. The van der Waals surface area contributed by atoms with E-state index in [9.17, 15) is 15.3 Å². The first-order valence-corrected chi connectivity index (χ1v) is 6.65. The van der Waals surface area contributed by atoms with Crippen LogP contribution in [0.3, 0.4) is 0 Å². The van der Waals surface area contributed by atoms with Crippen molar-refractivity contribution >= 4 is 21.6 Å². The van der Waals surface area contributed by atoms with Gasteiger partial charge in [0.05, 0.1) is 6.61 Å². The summed E-state index contributed by atoms with van der Waals surface area (Å²) in [5.41, 5.74) is 0.707. The van der Waals surface area contributed by atoms with Gasteiger partial charge in [0.25, 0.3) is 0 Å². The third kappa shape index (κ3) is 3.25. The number of nitrogens with one attached hydrogen (secondary N) is 1. The van der Waals surface area contributed by atoms with Gasteiger partial charge in [-0.15, -0.1) is 0 Å². The quantitative estimate of drug-likeness (QED) is 0.516. The molecule has 6 nitrogen and oxygen atoms in total. The number of hydrogen-bond acceptors (Lipinski definition) is 6. The first-order valence-electron chi connectivity index (χ1n) is 5.85. The fourth-order valence-corrected chi connectivity index (χ4v) is 2.22. The van der Waals surface area contributed by atoms with Crippen LogP contribution < -0.4 is 5.32 Å². The number of aliphatic hydroxyl groups excluding tert-OH is 4. The van der Waals surface area contributed by atoms with Crippen molar-refractivity contribution in [2.45, 2.75) is 30.6 Å². The molecule has 0 bridgehead atoms. The van der Waals surface area contributed by atoms with E-state index in [1.54, 1.807) is 12.1 Å². The molecule has 0 saturated carbocycles. The van der Waals surface area contributed by atoms with Gasteiger partial charge in [-0.25, -0.2) is 0 Å². The van der Waals surface area contributed by atoms with Crippen molar-refractivity contribution in [2.75, 3.05) is 11.9 Å². The normalized spacial score (nSPS) is 32.3. The van der Waals surface area contributed by atoms with Crippen LogP contribution in [-0.4, -0.2) is 57.7 Å². The molecular formula is C12H16BrNO5. The summed E-state index contributed by atoms with van der Waals surface area (Å²) in [4.78, 5) is 0. The van der Waals surface area contributed by atoms with Crippen molar-refractivity contribution in [2.24, 2.45) is 0 Å². The average Bonchev–Trinajstić information content (AvgIpc) is 2.69. The fraction of sp³-hybridized carbons (Fsp3) is 0.500. The van der Waals surface area contributed by atoms with Crippen LogP contribution in [0, 0.1) is 0 Å². The van der Waals surface area contributed by atoms with Crippen LogP contribution in [0.1, 0.15) is 0 Å². The van der Waals surface area contributed by atoms with E-state index in [0.29, 0.717) is 5.69 Å². The van der Waals surface area contributed by atoms with Gasteiger partial charge < -0.3 is 30.5 Å². The highest BCUT2D eigenvalue weighted by atomic mass is 79.9. The summed E-state index contributed by atoms with van der Waals surface area (Å²) in [6.45, 7) is -0.542. The minimum absolute atomic E-state index is 0.542. The first kappa shape index (κ1) is 14.7. The molecule has 3 unspecified atom stereocenters. The second kappa shape index (κ2) is 6.17. The van der Waals surface area contributed by atoms with Gasteiger partial charge in [0.2, 0.25) is 0 Å². The number of halogens is 1. The highest BCUT2D eigenvalue weighted by Crippen LogP contribution is 2.25. The topological polar surface area (TPSA) is 102 Å². The Balaban J connectivity index is 2.03. The van der Waals surface area contributed by atoms with Gasteiger partial charge >= 0.3 is 0 Å². The van der Waals surface area contributed by atoms with E-state index >= 15 is 0 Å². The van der Waals surface area contributed by atoms with Gasteiger partial charge in [0, 0.05) is 10.2 Å². The molecule has 1 aromatic carbocycles. The Morgan fingerprint density at radius 1 is 1.21 bits per heavy atom. The van der Waals surface area contributed by atoms with Gasteiger partial charge in [-0.2, -0.15) is 0 Å². The van der Waals surface area contributed by atoms with Crippen LogP contribution in [-0.2, 0) is 4.74 Å². The third-order valence-electron chi connectivity index (χ3n) is 3.02. The maximum atomic E-state index is 9.85. The summed E-state index contributed by atoms with van der Waals surface area (Å²) >= 11 is 3.31. The second-order valence-corrected chi connectivity index (χ2v) is 5.32. The molecule has 7 heteroatoms. The molecule has 1 aliphatic rings. The van der Waals surface area contributed by atoms with Crippen molar-refractivity contribution in [3.05, 3.63) is 28.7 Å². The van der Waals surface area contributed by atoms with Crippen LogP contribution in [0.15, 0.2) is 28.7 Å². The van der Waals surface area contributed by atoms with Crippen LogP contribution in [0.2, 0.25) is 0 Å². The molecule has 106 valence electrons. The molecule has 0 amide bonds. The van der Waals surface area contributed by atoms with E-state index in [0.717, 1.165) is 4.47 Å². The van der Waals surface area contributed by atoms with E-state index in [4.69, 9.17) is 9.84 Å². The standard InChI is InChI=1S/C12H16BrNO5/c13-6-1-3-7(4-2-6)14-12-10(18)9(17)11(19-12)8(16)5-15/h1-4,8-12,14-18H,5H2/t8?,9?,10?,11-,12+/m1/s1. The zero-order valence-corrected chi connectivity index (χ0v) is 11.6. The number of rotatable bonds is 4. The van der Waals surface area contributed by atoms with Crippen molar-refractivity contribution in [3.8, 4) is 0 Å². The van der Waals surface area contributed by atoms with Crippen LogP contribution in [0.25, 0.3) is 0 Å². The number of benzene rings is 1. The number of aliphatic hydroxyl groups is 4. The minimum atomic E-state index is -1.25.